The predicted molar refractivity (Wildman–Crippen MR) is 81.7 cm³/mol. The van der Waals surface area contributed by atoms with Gasteiger partial charge in [0.05, 0.1) is 5.52 Å². The number of benzene rings is 2. The van der Waals surface area contributed by atoms with Gasteiger partial charge in [0.15, 0.2) is 11.3 Å². The van der Waals surface area contributed by atoms with E-state index in [-0.39, 0.29) is 5.75 Å². The quantitative estimate of drug-likeness (QED) is 0.589. The maximum Gasteiger partial charge on any atom is 0.375 e. The molecule has 2 N–H and O–H groups in total. The smallest absolute Gasteiger partial charge is 0.375 e. The molecule has 5 nitrogen and oxygen atoms in total. The molecular formula is C17H11NO4. The topological polar surface area (TPSA) is 75.6 Å². The SMILES string of the molecule is O=C(O)c1oc2c3ccccc3n(-c3ccccc3)c2c1O. The maximum atomic E-state index is 11.2. The second-order valence-corrected chi connectivity index (χ2v) is 4.95. The molecule has 5 heteroatoms. The molecule has 108 valence electrons. The van der Waals surface area contributed by atoms with Crippen LogP contribution in [-0.2, 0) is 0 Å². The molecule has 0 amide bonds. The van der Waals surface area contributed by atoms with Crippen molar-refractivity contribution in [3.05, 3.63) is 60.4 Å². The Kier molecular flexibility index (Phi) is 2.50. The number of hydrogen-bond acceptors (Lipinski definition) is 3. The Hall–Kier alpha value is -3.21. The first-order valence-electron chi connectivity index (χ1n) is 6.72. The fraction of sp³-hybridized carbons (Fsp3) is 0. The van der Waals surface area contributed by atoms with E-state index in [9.17, 15) is 9.90 Å². The predicted octanol–water partition coefficient (Wildman–Crippen LogP) is 3.78. The van der Waals surface area contributed by atoms with Crippen LogP contribution in [0.15, 0.2) is 59.0 Å². The van der Waals surface area contributed by atoms with Crippen molar-refractivity contribution in [1.82, 2.24) is 4.57 Å². The molecule has 0 unspecified atom stereocenters. The molecule has 2 aromatic carbocycles. The van der Waals surface area contributed by atoms with E-state index in [0.717, 1.165) is 16.6 Å². The van der Waals surface area contributed by atoms with Gasteiger partial charge in [-0.2, -0.15) is 0 Å². The summed E-state index contributed by atoms with van der Waals surface area (Å²) in [5, 5.41) is 20.2. The highest BCUT2D eigenvalue weighted by Gasteiger charge is 2.26. The molecular weight excluding hydrogens is 282 g/mol. The van der Waals surface area contributed by atoms with Crippen molar-refractivity contribution < 1.29 is 19.4 Å². The van der Waals surface area contributed by atoms with E-state index in [1.165, 1.54) is 0 Å². The van der Waals surface area contributed by atoms with Crippen LogP contribution in [0.5, 0.6) is 5.75 Å². The van der Waals surface area contributed by atoms with Gasteiger partial charge in [0, 0.05) is 11.1 Å². The van der Waals surface area contributed by atoms with Crippen LogP contribution < -0.4 is 0 Å². The summed E-state index contributed by atoms with van der Waals surface area (Å²) < 4.78 is 7.21. The molecule has 2 aromatic heterocycles. The van der Waals surface area contributed by atoms with Gasteiger partial charge in [0.25, 0.3) is 5.76 Å². The molecule has 0 fully saturated rings. The minimum absolute atomic E-state index is 0.359. The number of aromatic nitrogens is 1. The highest BCUT2D eigenvalue weighted by molar-refractivity contribution is 6.11. The van der Waals surface area contributed by atoms with Gasteiger partial charge in [-0.15, -0.1) is 0 Å². The molecule has 0 radical (unpaired) electrons. The van der Waals surface area contributed by atoms with Crippen molar-refractivity contribution in [1.29, 1.82) is 0 Å². The Balaban J connectivity index is 2.22. The van der Waals surface area contributed by atoms with Crippen LogP contribution in [0.25, 0.3) is 27.7 Å². The summed E-state index contributed by atoms with van der Waals surface area (Å²) in [4.78, 5) is 11.2. The fourth-order valence-electron chi connectivity index (χ4n) is 2.78. The zero-order valence-electron chi connectivity index (χ0n) is 11.4. The molecule has 0 saturated carbocycles. The average Bonchev–Trinajstić information content (AvgIpc) is 3.04. The third-order valence-electron chi connectivity index (χ3n) is 3.68. The number of fused-ring (bicyclic) bond motifs is 3. The molecule has 0 saturated heterocycles. The van der Waals surface area contributed by atoms with Gasteiger partial charge in [-0.1, -0.05) is 30.3 Å². The van der Waals surface area contributed by atoms with E-state index < -0.39 is 11.7 Å². The Labute approximate surface area is 124 Å². The van der Waals surface area contributed by atoms with E-state index >= 15 is 0 Å². The van der Waals surface area contributed by atoms with Gasteiger partial charge >= 0.3 is 5.97 Å². The molecule has 2 heterocycles. The summed E-state index contributed by atoms with van der Waals surface area (Å²) in [5.41, 5.74) is 2.40. The summed E-state index contributed by atoms with van der Waals surface area (Å²) in [5.74, 6) is -2.10. The van der Waals surface area contributed by atoms with Gasteiger partial charge in [-0.25, -0.2) is 4.79 Å². The van der Waals surface area contributed by atoms with Crippen LogP contribution in [0.2, 0.25) is 0 Å². The summed E-state index contributed by atoms with van der Waals surface area (Å²) in [6.45, 7) is 0. The number of aromatic hydroxyl groups is 1. The van der Waals surface area contributed by atoms with Gasteiger partial charge < -0.3 is 19.2 Å². The Morgan fingerprint density at radius 2 is 1.68 bits per heavy atom. The van der Waals surface area contributed by atoms with Crippen LogP contribution in [-0.4, -0.2) is 20.7 Å². The first-order valence-corrected chi connectivity index (χ1v) is 6.72. The van der Waals surface area contributed by atoms with Crippen molar-refractivity contribution in [2.24, 2.45) is 0 Å². The number of carboxylic acids is 1. The van der Waals surface area contributed by atoms with E-state index in [2.05, 4.69) is 0 Å². The highest BCUT2D eigenvalue weighted by atomic mass is 16.4. The summed E-state index contributed by atoms with van der Waals surface area (Å²) in [6.07, 6.45) is 0. The first-order chi connectivity index (χ1) is 10.7. The lowest BCUT2D eigenvalue weighted by atomic mass is 10.2. The normalized spacial score (nSPS) is 11.3. The van der Waals surface area contributed by atoms with Crippen molar-refractivity contribution >= 4 is 28.0 Å². The van der Waals surface area contributed by atoms with Crippen molar-refractivity contribution in [3.8, 4) is 11.4 Å². The van der Waals surface area contributed by atoms with Crippen molar-refractivity contribution in [3.63, 3.8) is 0 Å². The monoisotopic (exact) mass is 293 g/mol. The third kappa shape index (κ3) is 1.56. The highest BCUT2D eigenvalue weighted by Crippen LogP contribution is 2.40. The molecule has 0 bridgehead atoms. The number of hydrogen-bond donors (Lipinski definition) is 2. The number of carbonyl (C=O) groups is 1. The molecule has 4 aromatic rings. The average molecular weight is 293 g/mol. The minimum Gasteiger partial charge on any atom is -0.503 e. The summed E-state index contributed by atoms with van der Waals surface area (Å²) >= 11 is 0. The van der Waals surface area contributed by atoms with Gasteiger partial charge in [-0.05, 0) is 24.3 Å². The van der Waals surface area contributed by atoms with Gasteiger partial charge in [0.2, 0.25) is 0 Å². The first kappa shape index (κ1) is 12.5. The van der Waals surface area contributed by atoms with Gasteiger partial charge in [0.1, 0.15) is 5.52 Å². The van der Waals surface area contributed by atoms with Gasteiger partial charge in [-0.3, -0.25) is 0 Å². The summed E-state index contributed by atoms with van der Waals surface area (Å²) in [6, 6.07) is 16.9. The standard InChI is InChI=1S/C17H11NO4/c19-14-13-15(22-16(14)17(20)21)11-8-4-5-9-12(11)18(13)10-6-2-1-3-7-10/h1-9,19H,(H,20,21). The van der Waals surface area contributed by atoms with Crippen molar-refractivity contribution in [2.75, 3.05) is 0 Å². The van der Waals surface area contributed by atoms with E-state index in [4.69, 9.17) is 9.52 Å². The molecule has 4 rings (SSSR count). The maximum absolute atomic E-state index is 11.2. The number of furan rings is 1. The Bertz CT molecular complexity index is 1010. The largest absolute Gasteiger partial charge is 0.503 e. The second kappa shape index (κ2) is 4.39. The zero-order chi connectivity index (χ0) is 15.3. The number of aromatic carboxylic acids is 1. The number of carboxylic acid groups (broad SMARTS) is 1. The molecule has 22 heavy (non-hydrogen) atoms. The number of para-hydroxylation sites is 2. The molecule has 0 spiro atoms. The lowest BCUT2D eigenvalue weighted by Gasteiger charge is -2.06. The fourth-order valence-corrected chi connectivity index (χ4v) is 2.78. The van der Waals surface area contributed by atoms with Crippen LogP contribution in [0.1, 0.15) is 10.6 Å². The third-order valence-corrected chi connectivity index (χ3v) is 3.68. The van der Waals surface area contributed by atoms with Crippen LogP contribution in [0.3, 0.4) is 0 Å². The molecule has 0 aliphatic carbocycles. The lowest BCUT2D eigenvalue weighted by Crippen LogP contribution is -1.96. The zero-order valence-corrected chi connectivity index (χ0v) is 11.4. The Morgan fingerprint density at radius 3 is 2.41 bits per heavy atom. The second-order valence-electron chi connectivity index (χ2n) is 4.95. The van der Waals surface area contributed by atoms with E-state index in [1.54, 1.807) is 4.57 Å². The number of nitrogens with zero attached hydrogens (tertiary/aromatic N) is 1. The van der Waals surface area contributed by atoms with E-state index in [1.807, 2.05) is 54.6 Å². The minimum atomic E-state index is -1.29. The summed E-state index contributed by atoms with van der Waals surface area (Å²) in [7, 11) is 0. The molecule has 0 aliphatic rings. The van der Waals surface area contributed by atoms with Crippen molar-refractivity contribution in [2.45, 2.75) is 0 Å². The van der Waals surface area contributed by atoms with Crippen LogP contribution in [0.4, 0.5) is 0 Å². The lowest BCUT2D eigenvalue weighted by molar-refractivity contribution is 0.0660. The number of rotatable bonds is 2. The molecule has 0 aliphatic heterocycles. The Morgan fingerprint density at radius 1 is 1.00 bits per heavy atom. The molecule has 0 atom stereocenters. The van der Waals surface area contributed by atoms with Crippen LogP contribution >= 0.6 is 0 Å². The van der Waals surface area contributed by atoms with E-state index in [0.29, 0.717) is 11.1 Å². The van der Waals surface area contributed by atoms with Crippen LogP contribution in [0, 0.1) is 0 Å².